The molecular weight excluding hydrogens is 367 g/mol. The highest BCUT2D eigenvalue weighted by Crippen LogP contribution is 2.48. The molecule has 0 aliphatic heterocycles. The van der Waals surface area contributed by atoms with Gasteiger partial charge < -0.3 is 5.32 Å². The van der Waals surface area contributed by atoms with Crippen LogP contribution < -0.4 is 5.32 Å². The van der Waals surface area contributed by atoms with Crippen molar-refractivity contribution in [2.75, 3.05) is 11.6 Å². The molecule has 26 heavy (non-hydrogen) atoms. The number of benzene rings is 2. The summed E-state index contributed by atoms with van der Waals surface area (Å²) in [7, 11) is -3.30. The fourth-order valence-electron chi connectivity index (χ4n) is 2.79. The first-order chi connectivity index (χ1) is 12.1. The Morgan fingerprint density at radius 1 is 1.04 bits per heavy atom. The van der Waals surface area contributed by atoms with Gasteiger partial charge in [-0.05, 0) is 54.3 Å². The van der Waals surface area contributed by atoms with E-state index in [1.807, 2.05) is 0 Å². The molecule has 1 fully saturated rings. The van der Waals surface area contributed by atoms with Crippen LogP contribution in [0.3, 0.4) is 0 Å². The molecule has 0 aromatic heterocycles. The molecule has 0 heterocycles. The molecule has 0 saturated heterocycles. The van der Waals surface area contributed by atoms with E-state index in [1.165, 1.54) is 36.4 Å². The molecule has 1 aliphatic rings. The number of hydrogen-bond acceptors (Lipinski definition) is 3. The summed E-state index contributed by atoms with van der Waals surface area (Å²) in [5.41, 5.74) is 0.458. The van der Waals surface area contributed by atoms with Crippen molar-refractivity contribution in [1.29, 1.82) is 0 Å². The van der Waals surface area contributed by atoms with Gasteiger partial charge in [0, 0.05) is 17.9 Å². The van der Waals surface area contributed by atoms with E-state index in [1.54, 1.807) is 0 Å². The average molecular weight is 383 g/mol. The Kier molecular flexibility index (Phi) is 4.56. The van der Waals surface area contributed by atoms with Crippen molar-refractivity contribution in [2.45, 2.75) is 23.4 Å². The molecule has 0 spiro atoms. The van der Waals surface area contributed by atoms with Crippen LogP contribution in [-0.4, -0.2) is 20.6 Å². The first-order valence-electron chi connectivity index (χ1n) is 7.84. The van der Waals surface area contributed by atoms with E-state index in [4.69, 9.17) is 0 Å². The lowest BCUT2D eigenvalue weighted by molar-refractivity contribution is -0.137. The second-order valence-corrected chi connectivity index (χ2v) is 8.37. The molecule has 1 N–H and O–H groups in total. The van der Waals surface area contributed by atoms with Crippen molar-refractivity contribution in [3.8, 4) is 0 Å². The molecule has 2 unspecified atom stereocenters. The maximum atomic E-state index is 12.6. The van der Waals surface area contributed by atoms with Gasteiger partial charge in [0.2, 0.25) is 5.91 Å². The largest absolute Gasteiger partial charge is 0.416 e. The quantitative estimate of drug-likeness (QED) is 0.872. The van der Waals surface area contributed by atoms with Crippen LogP contribution in [0.5, 0.6) is 0 Å². The molecule has 3 rings (SSSR count). The molecule has 4 nitrogen and oxygen atoms in total. The monoisotopic (exact) mass is 383 g/mol. The van der Waals surface area contributed by atoms with Crippen molar-refractivity contribution in [2.24, 2.45) is 5.92 Å². The average Bonchev–Trinajstić information content (AvgIpc) is 3.34. The van der Waals surface area contributed by atoms with Gasteiger partial charge in [0.05, 0.1) is 10.5 Å². The number of hydrogen-bond donors (Lipinski definition) is 1. The van der Waals surface area contributed by atoms with Gasteiger partial charge in [-0.25, -0.2) is 8.42 Å². The number of carbonyl (C=O) groups is 1. The van der Waals surface area contributed by atoms with Crippen LogP contribution in [0.4, 0.5) is 18.9 Å². The number of amides is 1. The summed E-state index contributed by atoms with van der Waals surface area (Å²) in [5, 5.41) is 2.70. The molecule has 2 aromatic rings. The zero-order valence-corrected chi connectivity index (χ0v) is 14.6. The Bertz CT molecular complexity index is 920. The van der Waals surface area contributed by atoms with Crippen LogP contribution in [0.1, 0.15) is 23.5 Å². The second-order valence-electron chi connectivity index (χ2n) is 6.35. The number of halogens is 3. The van der Waals surface area contributed by atoms with Gasteiger partial charge in [-0.3, -0.25) is 4.79 Å². The third-order valence-electron chi connectivity index (χ3n) is 4.34. The number of carbonyl (C=O) groups excluding carboxylic acids is 1. The minimum atomic E-state index is -4.38. The Hall–Kier alpha value is -2.35. The van der Waals surface area contributed by atoms with Crippen LogP contribution in [0.15, 0.2) is 53.4 Å². The Morgan fingerprint density at radius 2 is 1.62 bits per heavy atom. The number of alkyl halides is 3. The van der Waals surface area contributed by atoms with Crippen molar-refractivity contribution in [3.05, 3.63) is 59.7 Å². The summed E-state index contributed by atoms with van der Waals surface area (Å²) >= 11 is 0. The van der Waals surface area contributed by atoms with Crippen molar-refractivity contribution in [3.63, 3.8) is 0 Å². The fraction of sp³-hybridized carbons (Fsp3) is 0.278. The molecular formula is C18H16F3NO3S. The van der Waals surface area contributed by atoms with E-state index in [9.17, 15) is 26.4 Å². The summed E-state index contributed by atoms with van der Waals surface area (Å²) in [6.07, 6.45) is -2.71. The molecule has 2 atom stereocenters. The maximum absolute atomic E-state index is 12.6. The number of sulfone groups is 1. The van der Waals surface area contributed by atoms with Crippen molar-refractivity contribution >= 4 is 21.4 Å². The van der Waals surface area contributed by atoms with Gasteiger partial charge in [-0.15, -0.1) is 0 Å². The summed E-state index contributed by atoms with van der Waals surface area (Å²) < 4.78 is 60.6. The van der Waals surface area contributed by atoms with Crippen LogP contribution in [0.25, 0.3) is 0 Å². The smallest absolute Gasteiger partial charge is 0.326 e. The van der Waals surface area contributed by atoms with Crippen molar-refractivity contribution in [1.82, 2.24) is 0 Å². The Balaban J connectivity index is 1.62. The number of nitrogens with one attached hydrogen (secondary N) is 1. The summed E-state index contributed by atoms with van der Waals surface area (Å²) in [6.45, 7) is 0. The zero-order valence-electron chi connectivity index (χ0n) is 13.7. The Labute approximate surface area is 149 Å². The molecule has 1 amide bonds. The summed E-state index contributed by atoms with van der Waals surface area (Å²) in [4.78, 5) is 12.4. The lowest BCUT2D eigenvalue weighted by Gasteiger charge is -2.08. The lowest BCUT2D eigenvalue weighted by Crippen LogP contribution is -2.14. The van der Waals surface area contributed by atoms with E-state index in [-0.39, 0.29) is 22.6 Å². The predicted molar refractivity (Wildman–Crippen MR) is 90.5 cm³/mol. The normalized spacial score (nSPS) is 19.8. The van der Waals surface area contributed by atoms with Crippen LogP contribution in [0, 0.1) is 5.92 Å². The third-order valence-corrected chi connectivity index (χ3v) is 5.47. The molecule has 8 heteroatoms. The molecule has 1 saturated carbocycles. The number of anilines is 1. The van der Waals surface area contributed by atoms with Crippen LogP contribution in [0.2, 0.25) is 0 Å². The molecule has 0 bridgehead atoms. The highest BCUT2D eigenvalue weighted by molar-refractivity contribution is 7.90. The van der Waals surface area contributed by atoms with Crippen LogP contribution >= 0.6 is 0 Å². The summed E-state index contributed by atoms with van der Waals surface area (Å²) in [5.74, 6) is -0.643. The predicted octanol–water partition coefficient (Wildman–Crippen LogP) is 3.85. The van der Waals surface area contributed by atoms with Gasteiger partial charge in [0.25, 0.3) is 0 Å². The van der Waals surface area contributed by atoms with E-state index in [0.717, 1.165) is 18.4 Å². The maximum Gasteiger partial charge on any atom is 0.416 e. The fourth-order valence-corrected chi connectivity index (χ4v) is 3.42. The van der Waals surface area contributed by atoms with E-state index >= 15 is 0 Å². The second kappa shape index (κ2) is 6.42. The molecule has 0 radical (unpaired) electrons. The molecule has 138 valence electrons. The minimum Gasteiger partial charge on any atom is -0.326 e. The topological polar surface area (TPSA) is 63.2 Å². The lowest BCUT2D eigenvalue weighted by atomic mass is 10.1. The van der Waals surface area contributed by atoms with E-state index in [0.29, 0.717) is 17.7 Å². The first-order valence-corrected chi connectivity index (χ1v) is 9.73. The standard InChI is InChI=1S/C18H16F3NO3S/c1-26(24,25)14-8-6-13(7-9-14)22-17(23)16-10-15(16)11-2-4-12(5-3-11)18(19,20)21/h2-9,15-16H,10H2,1H3,(H,22,23). The SMILES string of the molecule is CS(=O)(=O)c1ccc(NC(=O)C2CC2c2ccc(C(F)(F)F)cc2)cc1. The van der Waals surface area contributed by atoms with Gasteiger partial charge in [0.15, 0.2) is 9.84 Å². The Morgan fingerprint density at radius 3 is 2.12 bits per heavy atom. The van der Waals surface area contributed by atoms with Gasteiger partial charge in [0.1, 0.15) is 0 Å². The van der Waals surface area contributed by atoms with Gasteiger partial charge >= 0.3 is 6.18 Å². The first kappa shape index (κ1) is 18.4. The molecule has 2 aromatic carbocycles. The van der Waals surface area contributed by atoms with Gasteiger partial charge in [-0.2, -0.15) is 13.2 Å². The van der Waals surface area contributed by atoms with Crippen LogP contribution in [-0.2, 0) is 20.8 Å². The summed E-state index contributed by atoms with van der Waals surface area (Å²) in [6, 6.07) is 10.7. The van der Waals surface area contributed by atoms with E-state index in [2.05, 4.69) is 5.32 Å². The highest BCUT2D eigenvalue weighted by Gasteiger charge is 2.44. The van der Waals surface area contributed by atoms with E-state index < -0.39 is 21.6 Å². The van der Waals surface area contributed by atoms with Crippen molar-refractivity contribution < 1.29 is 26.4 Å². The van der Waals surface area contributed by atoms with Gasteiger partial charge in [-0.1, -0.05) is 12.1 Å². The zero-order chi connectivity index (χ0) is 19.1. The molecule has 1 aliphatic carbocycles. The minimum absolute atomic E-state index is 0.104. The number of rotatable bonds is 4. The highest BCUT2D eigenvalue weighted by atomic mass is 32.2. The third kappa shape index (κ3) is 4.07.